The lowest BCUT2D eigenvalue weighted by atomic mass is 9.83. The minimum Gasteiger partial charge on any atom is -0.369 e. The number of carbonyl (C=O) groups excluding carboxylic acids is 2. The first-order valence-corrected chi connectivity index (χ1v) is 8.81. The van der Waals surface area contributed by atoms with Gasteiger partial charge < -0.3 is 10.6 Å². The van der Waals surface area contributed by atoms with E-state index in [9.17, 15) is 9.59 Å². The molecule has 124 valence electrons. The lowest BCUT2D eigenvalue weighted by molar-refractivity contribution is -0.123. The van der Waals surface area contributed by atoms with Crippen molar-refractivity contribution in [2.24, 2.45) is 11.7 Å². The van der Waals surface area contributed by atoms with E-state index in [1.54, 1.807) is 17.0 Å². The summed E-state index contributed by atoms with van der Waals surface area (Å²) in [7, 11) is 0. The average Bonchev–Trinajstić information content (AvgIpc) is 2.89. The highest BCUT2D eigenvalue weighted by molar-refractivity contribution is 6.36. The Kier molecular flexibility index (Phi) is 4.83. The number of rotatable bonds is 3. The second kappa shape index (κ2) is 6.70. The summed E-state index contributed by atoms with van der Waals surface area (Å²) < 4.78 is 0. The summed E-state index contributed by atoms with van der Waals surface area (Å²) in [5.74, 6) is -0.638. The number of benzene rings is 1. The summed E-state index contributed by atoms with van der Waals surface area (Å²) in [6.07, 6.45) is 5.86. The number of carbonyl (C=O) groups is 2. The second-order valence-electron chi connectivity index (χ2n) is 6.46. The standard InChI is InChI=1S/C17H20Cl2N2O2/c18-12-7-13(19)16(10-4-2-1-3-5-10)14(8-12)21-9-11(17(20)23)6-15(21)22/h7-8,10-11H,1-6,9H2,(H2,20,23)/t11-/m0/s1. The molecule has 1 aromatic carbocycles. The van der Waals surface area contributed by atoms with Crippen LogP contribution >= 0.6 is 23.2 Å². The Balaban J connectivity index is 2.00. The third-order valence-electron chi connectivity index (χ3n) is 4.90. The first kappa shape index (κ1) is 16.6. The molecule has 1 atom stereocenters. The molecule has 2 fully saturated rings. The van der Waals surface area contributed by atoms with Gasteiger partial charge in [0.25, 0.3) is 0 Å². The van der Waals surface area contributed by atoms with E-state index in [1.807, 2.05) is 0 Å². The Morgan fingerprint density at radius 2 is 1.87 bits per heavy atom. The Hall–Kier alpha value is -1.26. The lowest BCUT2D eigenvalue weighted by Gasteiger charge is -2.29. The van der Waals surface area contributed by atoms with Gasteiger partial charge >= 0.3 is 0 Å². The van der Waals surface area contributed by atoms with Crippen LogP contribution in [0.15, 0.2) is 12.1 Å². The van der Waals surface area contributed by atoms with Crippen molar-refractivity contribution in [1.82, 2.24) is 0 Å². The van der Waals surface area contributed by atoms with Gasteiger partial charge in [0, 0.05) is 23.0 Å². The van der Waals surface area contributed by atoms with Crippen molar-refractivity contribution in [2.75, 3.05) is 11.4 Å². The smallest absolute Gasteiger partial charge is 0.227 e. The van der Waals surface area contributed by atoms with E-state index >= 15 is 0 Å². The van der Waals surface area contributed by atoms with Crippen LogP contribution in [0.3, 0.4) is 0 Å². The van der Waals surface area contributed by atoms with Crippen LogP contribution in [0.2, 0.25) is 10.0 Å². The zero-order valence-corrected chi connectivity index (χ0v) is 14.4. The summed E-state index contributed by atoms with van der Waals surface area (Å²) >= 11 is 12.7. The Morgan fingerprint density at radius 3 is 2.48 bits per heavy atom. The molecule has 1 aliphatic carbocycles. The molecule has 0 aromatic heterocycles. The molecule has 6 heteroatoms. The van der Waals surface area contributed by atoms with Gasteiger partial charge in [0.15, 0.2) is 0 Å². The number of nitrogens with zero attached hydrogens (tertiary/aromatic N) is 1. The number of hydrogen-bond acceptors (Lipinski definition) is 2. The molecule has 0 spiro atoms. The van der Waals surface area contributed by atoms with Gasteiger partial charge in [-0.3, -0.25) is 9.59 Å². The molecule has 0 radical (unpaired) electrons. The average molecular weight is 355 g/mol. The predicted octanol–water partition coefficient (Wildman–Crippen LogP) is 3.88. The van der Waals surface area contributed by atoms with Gasteiger partial charge in [-0.05, 0) is 36.5 Å². The van der Waals surface area contributed by atoms with Crippen molar-refractivity contribution < 1.29 is 9.59 Å². The zero-order valence-electron chi connectivity index (χ0n) is 12.9. The van der Waals surface area contributed by atoms with E-state index in [-0.39, 0.29) is 12.3 Å². The molecule has 3 rings (SSSR count). The molecule has 1 saturated heterocycles. The highest BCUT2D eigenvalue weighted by Crippen LogP contribution is 2.44. The number of nitrogens with two attached hydrogens (primary N) is 1. The van der Waals surface area contributed by atoms with E-state index in [0.29, 0.717) is 22.5 Å². The van der Waals surface area contributed by atoms with Crippen LogP contribution in [-0.4, -0.2) is 18.4 Å². The van der Waals surface area contributed by atoms with Crippen LogP contribution in [0.25, 0.3) is 0 Å². The molecule has 1 aliphatic heterocycles. The van der Waals surface area contributed by atoms with Crippen molar-refractivity contribution in [3.05, 3.63) is 27.7 Å². The predicted molar refractivity (Wildman–Crippen MR) is 91.9 cm³/mol. The first-order valence-electron chi connectivity index (χ1n) is 8.06. The zero-order chi connectivity index (χ0) is 16.6. The van der Waals surface area contributed by atoms with Crippen molar-refractivity contribution in [3.63, 3.8) is 0 Å². The molecule has 1 heterocycles. The van der Waals surface area contributed by atoms with E-state index in [4.69, 9.17) is 28.9 Å². The third-order valence-corrected chi connectivity index (χ3v) is 5.44. The topological polar surface area (TPSA) is 63.4 Å². The molecule has 4 nitrogen and oxygen atoms in total. The molecule has 1 saturated carbocycles. The molecular weight excluding hydrogens is 335 g/mol. The Labute approximate surface area is 145 Å². The minimum atomic E-state index is -0.445. The molecule has 2 amide bonds. The number of anilines is 1. The number of hydrogen-bond donors (Lipinski definition) is 1. The maximum atomic E-state index is 12.4. The number of amides is 2. The summed E-state index contributed by atoms with van der Waals surface area (Å²) in [5, 5.41) is 1.11. The second-order valence-corrected chi connectivity index (χ2v) is 7.31. The van der Waals surface area contributed by atoms with Crippen molar-refractivity contribution in [1.29, 1.82) is 0 Å². The lowest BCUT2D eigenvalue weighted by Crippen LogP contribution is -2.29. The molecule has 1 aromatic rings. The highest BCUT2D eigenvalue weighted by Gasteiger charge is 2.36. The van der Waals surface area contributed by atoms with Gasteiger partial charge in [-0.25, -0.2) is 0 Å². The van der Waals surface area contributed by atoms with Gasteiger partial charge in [-0.1, -0.05) is 42.5 Å². The minimum absolute atomic E-state index is 0.0933. The first-order chi connectivity index (χ1) is 11.0. The SMILES string of the molecule is NC(=O)[C@H]1CC(=O)N(c2cc(Cl)cc(Cl)c2C2CCCCC2)C1. The van der Waals surface area contributed by atoms with E-state index in [1.165, 1.54) is 19.3 Å². The van der Waals surface area contributed by atoms with Crippen LogP contribution in [0.5, 0.6) is 0 Å². The highest BCUT2D eigenvalue weighted by atomic mass is 35.5. The van der Waals surface area contributed by atoms with Gasteiger partial charge in [0.05, 0.1) is 11.6 Å². The summed E-state index contributed by atoms with van der Waals surface area (Å²) in [5.41, 5.74) is 7.12. The third kappa shape index (κ3) is 3.33. The molecule has 2 aliphatic rings. The molecule has 23 heavy (non-hydrogen) atoms. The molecule has 0 unspecified atom stereocenters. The number of primary amides is 1. The van der Waals surface area contributed by atoms with Crippen LogP contribution in [0, 0.1) is 5.92 Å². The van der Waals surface area contributed by atoms with E-state index in [0.717, 1.165) is 24.1 Å². The van der Waals surface area contributed by atoms with Crippen LogP contribution in [0.4, 0.5) is 5.69 Å². The van der Waals surface area contributed by atoms with Crippen LogP contribution in [-0.2, 0) is 9.59 Å². The maximum absolute atomic E-state index is 12.4. The molecular formula is C17H20Cl2N2O2. The van der Waals surface area contributed by atoms with Crippen molar-refractivity contribution in [2.45, 2.75) is 44.4 Å². The van der Waals surface area contributed by atoms with Crippen LogP contribution < -0.4 is 10.6 Å². The van der Waals surface area contributed by atoms with E-state index in [2.05, 4.69) is 0 Å². The van der Waals surface area contributed by atoms with Gasteiger partial charge in [0.2, 0.25) is 11.8 Å². The fourth-order valence-electron chi connectivity index (χ4n) is 3.72. The van der Waals surface area contributed by atoms with Crippen molar-refractivity contribution in [3.8, 4) is 0 Å². The number of halogens is 2. The summed E-state index contributed by atoms with van der Waals surface area (Å²) in [4.78, 5) is 25.5. The molecule has 2 N–H and O–H groups in total. The fraction of sp³-hybridized carbons (Fsp3) is 0.529. The quantitative estimate of drug-likeness (QED) is 0.894. The molecule has 0 bridgehead atoms. The Morgan fingerprint density at radius 1 is 1.17 bits per heavy atom. The summed E-state index contributed by atoms with van der Waals surface area (Å²) in [6.45, 7) is 0.310. The monoisotopic (exact) mass is 354 g/mol. The van der Waals surface area contributed by atoms with E-state index < -0.39 is 11.8 Å². The van der Waals surface area contributed by atoms with Crippen LogP contribution in [0.1, 0.15) is 50.0 Å². The maximum Gasteiger partial charge on any atom is 0.227 e. The van der Waals surface area contributed by atoms with Gasteiger partial charge in [0.1, 0.15) is 0 Å². The Bertz CT molecular complexity index is 642. The largest absolute Gasteiger partial charge is 0.369 e. The van der Waals surface area contributed by atoms with Crippen molar-refractivity contribution >= 4 is 40.7 Å². The van der Waals surface area contributed by atoms with Gasteiger partial charge in [-0.2, -0.15) is 0 Å². The summed E-state index contributed by atoms with van der Waals surface area (Å²) in [6, 6.07) is 3.53. The normalized spacial score (nSPS) is 22.6. The van der Waals surface area contributed by atoms with Gasteiger partial charge in [-0.15, -0.1) is 0 Å². The fourth-order valence-corrected chi connectivity index (χ4v) is 4.36.